The Kier molecular flexibility index (Phi) is 5.59. The topological polar surface area (TPSA) is 93.8 Å². The number of carbonyl (C=O) groups is 3. The van der Waals surface area contributed by atoms with Crippen molar-refractivity contribution in [1.82, 2.24) is 25.8 Å². The fourth-order valence-electron chi connectivity index (χ4n) is 2.86. The molecular formula is C14H25N5O3. The van der Waals surface area contributed by atoms with Crippen molar-refractivity contribution in [2.45, 2.75) is 32.4 Å². The highest BCUT2D eigenvalue weighted by Gasteiger charge is 2.32. The molecule has 2 aliphatic rings. The molecule has 0 spiro atoms. The maximum Gasteiger partial charge on any atom is 0.317 e. The van der Waals surface area contributed by atoms with Crippen LogP contribution >= 0.6 is 0 Å². The number of hydrogen-bond acceptors (Lipinski definition) is 4. The number of hydrogen-bond donors (Lipinski definition) is 3. The molecule has 0 aromatic carbocycles. The molecule has 2 fully saturated rings. The molecule has 1 atom stereocenters. The fraction of sp³-hybridized carbons (Fsp3) is 0.786. The molecule has 2 rings (SSSR count). The number of carbonyl (C=O) groups excluding carboxylic acids is 3. The number of urea groups is 1. The SMILES string of the molecule is CC(C)N1CCNC(=O)C1CC(=O)NCCN1CCNC1=O. The molecule has 0 aromatic rings. The Labute approximate surface area is 130 Å². The van der Waals surface area contributed by atoms with Crippen molar-refractivity contribution in [3.8, 4) is 0 Å². The van der Waals surface area contributed by atoms with Crippen LogP contribution < -0.4 is 16.0 Å². The number of rotatable bonds is 6. The van der Waals surface area contributed by atoms with Crippen LogP contribution in [-0.2, 0) is 9.59 Å². The van der Waals surface area contributed by atoms with E-state index in [-0.39, 0.29) is 30.3 Å². The van der Waals surface area contributed by atoms with Crippen LogP contribution in [0.15, 0.2) is 0 Å². The van der Waals surface area contributed by atoms with E-state index >= 15 is 0 Å². The van der Waals surface area contributed by atoms with E-state index in [1.165, 1.54) is 0 Å². The van der Waals surface area contributed by atoms with Crippen LogP contribution in [0.2, 0.25) is 0 Å². The van der Waals surface area contributed by atoms with Crippen LogP contribution in [-0.4, -0.2) is 79.0 Å². The van der Waals surface area contributed by atoms with Gasteiger partial charge in [-0.25, -0.2) is 4.79 Å². The molecule has 22 heavy (non-hydrogen) atoms. The zero-order valence-corrected chi connectivity index (χ0v) is 13.2. The maximum absolute atomic E-state index is 12.0. The van der Waals surface area contributed by atoms with Gasteiger partial charge in [-0.05, 0) is 13.8 Å². The summed E-state index contributed by atoms with van der Waals surface area (Å²) in [6.07, 6.45) is 0.149. The highest BCUT2D eigenvalue weighted by atomic mass is 16.2. The maximum atomic E-state index is 12.0. The summed E-state index contributed by atoms with van der Waals surface area (Å²) in [5, 5.41) is 8.31. The first kappa shape index (κ1) is 16.5. The Morgan fingerprint density at radius 1 is 1.27 bits per heavy atom. The Morgan fingerprint density at radius 2 is 2.00 bits per heavy atom. The van der Waals surface area contributed by atoms with Gasteiger partial charge >= 0.3 is 6.03 Å². The van der Waals surface area contributed by atoms with E-state index in [0.717, 1.165) is 6.54 Å². The molecule has 0 aliphatic carbocycles. The Morgan fingerprint density at radius 3 is 2.64 bits per heavy atom. The standard InChI is InChI=1S/C14H25N5O3/c1-10(2)19-8-5-16-13(21)11(19)9-12(20)15-3-6-18-7-4-17-14(18)22/h10-11H,3-9H2,1-2H3,(H,15,20)(H,16,21)(H,17,22). The monoisotopic (exact) mass is 311 g/mol. The summed E-state index contributed by atoms with van der Waals surface area (Å²) in [4.78, 5) is 39.1. The van der Waals surface area contributed by atoms with Gasteiger partial charge in [-0.3, -0.25) is 14.5 Å². The van der Waals surface area contributed by atoms with E-state index in [9.17, 15) is 14.4 Å². The first-order chi connectivity index (χ1) is 10.5. The third kappa shape index (κ3) is 4.09. The summed E-state index contributed by atoms with van der Waals surface area (Å²) in [6, 6.07) is -0.284. The average molecular weight is 311 g/mol. The van der Waals surface area contributed by atoms with Crippen LogP contribution in [0, 0.1) is 0 Å². The van der Waals surface area contributed by atoms with Gasteiger partial charge in [-0.15, -0.1) is 0 Å². The van der Waals surface area contributed by atoms with Gasteiger partial charge in [-0.1, -0.05) is 0 Å². The first-order valence-electron chi connectivity index (χ1n) is 7.82. The molecule has 2 aliphatic heterocycles. The molecule has 2 saturated heterocycles. The Balaban J connectivity index is 1.77. The normalized spacial score (nSPS) is 22.7. The average Bonchev–Trinajstić information content (AvgIpc) is 2.86. The molecule has 0 saturated carbocycles. The second-order valence-electron chi connectivity index (χ2n) is 5.91. The zero-order chi connectivity index (χ0) is 16.1. The van der Waals surface area contributed by atoms with E-state index in [1.807, 2.05) is 18.7 Å². The van der Waals surface area contributed by atoms with Gasteiger partial charge in [0.05, 0.1) is 12.5 Å². The molecule has 1 unspecified atom stereocenters. The minimum Gasteiger partial charge on any atom is -0.354 e. The lowest BCUT2D eigenvalue weighted by Crippen LogP contribution is -2.58. The minimum atomic E-state index is -0.413. The molecule has 2 heterocycles. The van der Waals surface area contributed by atoms with E-state index in [1.54, 1.807) is 4.90 Å². The van der Waals surface area contributed by atoms with Gasteiger partial charge in [0.1, 0.15) is 0 Å². The lowest BCUT2D eigenvalue weighted by atomic mass is 10.1. The lowest BCUT2D eigenvalue weighted by Gasteiger charge is -2.37. The van der Waals surface area contributed by atoms with Gasteiger partial charge in [0, 0.05) is 45.3 Å². The predicted octanol–water partition coefficient (Wildman–Crippen LogP) is -1.27. The predicted molar refractivity (Wildman–Crippen MR) is 81.2 cm³/mol. The molecule has 3 N–H and O–H groups in total. The van der Waals surface area contributed by atoms with Crippen LogP contribution in [0.25, 0.3) is 0 Å². The van der Waals surface area contributed by atoms with Gasteiger partial charge < -0.3 is 20.9 Å². The number of nitrogens with zero attached hydrogens (tertiary/aromatic N) is 2. The second kappa shape index (κ2) is 7.44. The van der Waals surface area contributed by atoms with Crippen molar-refractivity contribution in [2.75, 3.05) is 39.3 Å². The quantitative estimate of drug-likeness (QED) is 0.570. The molecule has 0 radical (unpaired) electrons. The van der Waals surface area contributed by atoms with Crippen molar-refractivity contribution in [3.05, 3.63) is 0 Å². The Bertz CT molecular complexity index is 440. The molecule has 0 aromatic heterocycles. The summed E-state index contributed by atoms with van der Waals surface area (Å²) < 4.78 is 0. The summed E-state index contributed by atoms with van der Waals surface area (Å²) in [5.74, 6) is -0.249. The second-order valence-corrected chi connectivity index (χ2v) is 5.91. The Hall–Kier alpha value is -1.83. The molecule has 124 valence electrons. The number of nitrogens with one attached hydrogen (secondary N) is 3. The van der Waals surface area contributed by atoms with Crippen molar-refractivity contribution in [3.63, 3.8) is 0 Å². The number of piperazine rings is 1. The molecular weight excluding hydrogens is 286 g/mol. The van der Waals surface area contributed by atoms with Crippen LogP contribution in [0.1, 0.15) is 20.3 Å². The van der Waals surface area contributed by atoms with Crippen molar-refractivity contribution < 1.29 is 14.4 Å². The third-order valence-electron chi connectivity index (χ3n) is 4.06. The van der Waals surface area contributed by atoms with Crippen molar-refractivity contribution in [1.29, 1.82) is 0 Å². The smallest absolute Gasteiger partial charge is 0.317 e. The summed E-state index contributed by atoms with van der Waals surface area (Å²) in [5.41, 5.74) is 0. The lowest BCUT2D eigenvalue weighted by molar-refractivity contribution is -0.134. The fourth-order valence-corrected chi connectivity index (χ4v) is 2.86. The van der Waals surface area contributed by atoms with E-state index in [2.05, 4.69) is 16.0 Å². The summed E-state index contributed by atoms with van der Waals surface area (Å²) >= 11 is 0. The highest BCUT2D eigenvalue weighted by Crippen LogP contribution is 2.12. The third-order valence-corrected chi connectivity index (χ3v) is 4.06. The largest absolute Gasteiger partial charge is 0.354 e. The molecule has 8 nitrogen and oxygen atoms in total. The van der Waals surface area contributed by atoms with Gasteiger partial charge in [0.25, 0.3) is 0 Å². The summed E-state index contributed by atoms with van der Waals surface area (Å²) in [6.45, 7) is 7.64. The molecule has 4 amide bonds. The van der Waals surface area contributed by atoms with Crippen LogP contribution in [0.5, 0.6) is 0 Å². The van der Waals surface area contributed by atoms with Gasteiger partial charge in [0.2, 0.25) is 11.8 Å². The molecule has 0 bridgehead atoms. The van der Waals surface area contributed by atoms with Crippen LogP contribution in [0.4, 0.5) is 4.79 Å². The van der Waals surface area contributed by atoms with E-state index < -0.39 is 6.04 Å². The summed E-state index contributed by atoms with van der Waals surface area (Å²) in [7, 11) is 0. The van der Waals surface area contributed by atoms with Gasteiger partial charge in [0.15, 0.2) is 0 Å². The number of amides is 4. The van der Waals surface area contributed by atoms with E-state index in [0.29, 0.717) is 32.7 Å². The van der Waals surface area contributed by atoms with Crippen molar-refractivity contribution in [2.24, 2.45) is 0 Å². The molecule has 8 heteroatoms. The first-order valence-corrected chi connectivity index (χ1v) is 7.82. The minimum absolute atomic E-state index is 0.0889. The van der Waals surface area contributed by atoms with Crippen molar-refractivity contribution >= 4 is 17.8 Å². The zero-order valence-electron chi connectivity index (χ0n) is 13.2. The van der Waals surface area contributed by atoms with Crippen LogP contribution in [0.3, 0.4) is 0 Å². The van der Waals surface area contributed by atoms with Gasteiger partial charge in [-0.2, -0.15) is 0 Å². The van der Waals surface area contributed by atoms with E-state index in [4.69, 9.17) is 0 Å². The highest BCUT2D eigenvalue weighted by molar-refractivity contribution is 5.88.